The summed E-state index contributed by atoms with van der Waals surface area (Å²) in [6.07, 6.45) is 8.41. The van der Waals surface area contributed by atoms with E-state index in [0.29, 0.717) is 18.4 Å². The Labute approximate surface area is 126 Å². The molecule has 0 radical (unpaired) electrons. The molecule has 1 aliphatic rings. The molecule has 1 aliphatic carbocycles. The Bertz CT molecular complexity index is 610. The molecule has 1 aromatic heterocycles. The number of fused-ring (bicyclic) bond motifs is 1. The SMILES string of the molecule is CCN(C(=O)CCc1c[nH]c2ccccc12)C1CCCC1. The van der Waals surface area contributed by atoms with Crippen molar-refractivity contribution >= 4 is 16.8 Å². The third-order valence-corrected chi connectivity index (χ3v) is 4.71. The van der Waals surface area contributed by atoms with Crippen LogP contribution in [0.3, 0.4) is 0 Å². The number of nitrogens with zero attached hydrogens (tertiary/aromatic N) is 1. The zero-order valence-corrected chi connectivity index (χ0v) is 12.8. The second-order valence-corrected chi connectivity index (χ2v) is 5.98. The zero-order chi connectivity index (χ0) is 14.7. The second kappa shape index (κ2) is 6.33. The highest BCUT2D eigenvalue weighted by molar-refractivity contribution is 5.84. The number of H-pyrrole nitrogens is 1. The normalized spacial score (nSPS) is 15.7. The first-order chi connectivity index (χ1) is 10.3. The van der Waals surface area contributed by atoms with Gasteiger partial charge >= 0.3 is 0 Å². The van der Waals surface area contributed by atoms with E-state index in [4.69, 9.17) is 0 Å². The van der Waals surface area contributed by atoms with Crippen molar-refractivity contribution in [3.05, 3.63) is 36.0 Å². The predicted molar refractivity (Wildman–Crippen MR) is 86.3 cm³/mol. The number of para-hydroxylation sites is 1. The minimum atomic E-state index is 0.315. The number of benzene rings is 1. The van der Waals surface area contributed by atoms with Crippen LogP contribution in [0.15, 0.2) is 30.5 Å². The van der Waals surface area contributed by atoms with Gasteiger partial charge in [-0.25, -0.2) is 0 Å². The van der Waals surface area contributed by atoms with Crippen molar-refractivity contribution in [2.45, 2.75) is 51.5 Å². The average Bonchev–Trinajstić information content (AvgIpc) is 3.15. The van der Waals surface area contributed by atoms with Crippen LogP contribution in [0.4, 0.5) is 0 Å². The number of carbonyl (C=O) groups excluding carboxylic acids is 1. The minimum absolute atomic E-state index is 0.315. The van der Waals surface area contributed by atoms with Gasteiger partial charge < -0.3 is 9.88 Å². The topological polar surface area (TPSA) is 36.1 Å². The van der Waals surface area contributed by atoms with E-state index in [1.807, 2.05) is 12.3 Å². The summed E-state index contributed by atoms with van der Waals surface area (Å²) in [5.41, 5.74) is 2.41. The van der Waals surface area contributed by atoms with Gasteiger partial charge in [0, 0.05) is 36.1 Å². The molecule has 1 N–H and O–H groups in total. The molecule has 21 heavy (non-hydrogen) atoms. The molecule has 1 heterocycles. The van der Waals surface area contributed by atoms with Crippen LogP contribution in [0.5, 0.6) is 0 Å². The molecule has 0 bridgehead atoms. The van der Waals surface area contributed by atoms with Crippen molar-refractivity contribution in [1.82, 2.24) is 9.88 Å². The van der Waals surface area contributed by atoms with Crippen LogP contribution in [-0.2, 0) is 11.2 Å². The molecule has 3 heteroatoms. The van der Waals surface area contributed by atoms with Crippen LogP contribution in [-0.4, -0.2) is 28.4 Å². The summed E-state index contributed by atoms with van der Waals surface area (Å²) in [4.78, 5) is 17.9. The summed E-state index contributed by atoms with van der Waals surface area (Å²) in [5, 5.41) is 1.24. The van der Waals surface area contributed by atoms with Gasteiger partial charge in [0.2, 0.25) is 5.91 Å². The van der Waals surface area contributed by atoms with E-state index in [2.05, 4.69) is 35.0 Å². The minimum Gasteiger partial charge on any atom is -0.361 e. The molecule has 3 nitrogen and oxygen atoms in total. The number of hydrogen-bond acceptors (Lipinski definition) is 1. The maximum absolute atomic E-state index is 12.5. The first kappa shape index (κ1) is 14.2. The van der Waals surface area contributed by atoms with E-state index in [9.17, 15) is 4.79 Å². The van der Waals surface area contributed by atoms with Gasteiger partial charge in [-0.3, -0.25) is 4.79 Å². The second-order valence-electron chi connectivity index (χ2n) is 5.98. The van der Waals surface area contributed by atoms with Crippen molar-refractivity contribution < 1.29 is 4.79 Å². The van der Waals surface area contributed by atoms with Gasteiger partial charge in [-0.1, -0.05) is 31.0 Å². The van der Waals surface area contributed by atoms with E-state index in [1.165, 1.54) is 36.6 Å². The van der Waals surface area contributed by atoms with Gasteiger partial charge in [0.15, 0.2) is 0 Å². The van der Waals surface area contributed by atoms with Crippen LogP contribution in [0.25, 0.3) is 10.9 Å². The van der Waals surface area contributed by atoms with Crippen LogP contribution in [0, 0.1) is 0 Å². The quantitative estimate of drug-likeness (QED) is 0.888. The van der Waals surface area contributed by atoms with Crippen molar-refractivity contribution in [2.75, 3.05) is 6.54 Å². The fraction of sp³-hybridized carbons (Fsp3) is 0.500. The lowest BCUT2D eigenvalue weighted by atomic mass is 10.1. The number of rotatable bonds is 5. The molecule has 112 valence electrons. The first-order valence-electron chi connectivity index (χ1n) is 8.14. The highest BCUT2D eigenvalue weighted by Crippen LogP contribution is 2.25. The van der Waals surface area contributed by atoms with Crippen LogP contribution < -0.4 is 0 Å². The number of nitrogens with one attached hydrogen (secondary N) is 1. The largest absolute Gasteiger partial charge is 0.361 e. The molecular formula is C18H24N2O. The average molecular weight is 284 g/mol. The van der Waals surface area contributed by atoms with E-state index in [1.54, 1.807) is 0 Å². The van der Waals surface area contributed by atoms with Crippen LogP contribution in [0.2, 0.25) is 0 Å². The molecular weight excluding hydrogens is 260 g/mol. The summed E-state index contributed by atoms with van der Waals surface area (Å²) in [7, 11) is 0. The number of carbonyl (C=O) groups is 1. The lowest BCUT2D eigenvalue weighted by molar-refractivity contribution is -0.133. The highest BCUT2D eigenvalue weighted by atomic mass is 16.2. The van der Waals surface area contributed by atoms with E-state index in [0.717, 1.165) is 18.5 Å². The van der Waals surface area contributed by atoms with E-state index >= 15 is 0 Å². The smallest absolute Gasteiger partial charge is 0.223 e. The summed E-state index contributed by atoms with van der Waals surface area (Å²) < 4.78 is 0. The number of aromatic nitrogens is 1. The zero-order valence-electron chi connectivity index (χ0n) is 12.8. The number of amides is 1. The van der Waals surface area contributed by atoms with Crippen molar-refractivity contribution in [2.24, 2.45) is 0 Å². The van der Waals surface area contributed by atoms with Gasteiger partial charge in [-0.15, -0.1) is 0 Å². The molecule has 0 spiro atoms. The molecule has 1 amide bonds. The summed E-state index contributed by atoms with van der Waals surface area (Å²) in [6, 6.07) is 8.79. The molecule has 0 aliphatic heterocycles. The van der Waals surface area contributed by atoms with Crippen molar-refractivity contribution in [3.8, 4) is 0 Å². The number of aromatic amines is 1. The molecule has 3 rings (SSSR count). The Morgan fingerprint density at radius 3 is 2.81 bits per heavy atom. The summed E-state index contributed by atoms with van der Waals surface area (Å²) in [5.74, 6) is 0.315. The molecule has 0 unspecified atom stereocenters. The number of hydrogen-bond donors (Lipinski definition) is 1. The summed E-state index contributed by atoms with van der Waals surface area (Å²) >= 11 is 0. The molecule has 1 saturated carbocycles. The third kappa shape index (κ3) is 2.97. The maximum Gasteiger partial charge on any atom is 0.223 e. The van der Waals surface area contributed by atoms with E-state index in [-0.39, 0.29) is 0 Å². The third-order valence-electron chi connectivity index (χ3n) is 4.71. The molecule has 0 saturated heterocycles. The monoisotopic (exact) mass is 284 g/mol. The van der Waals surface area contributed by atoms with Crippen LogP contribution in [0.1, 0.15) is 44.6 Å². The highest BCUT2D eigenvalue weighted by Gasteiger charge is 2.25. The van der Waals surface area contributed by atoms with Crippen molar-refractivity contribution in [3.63, 3.8) is 0 Å². The Morgan fingerprint density at radius 1 is 1.29 bits per heavy atom. The van der Waals surface area contributed by atoms with Gasteiger partial charge in [-0.05, 0) is 37.8 Å². The first-order valence-corrected chi connectivity index (χ1v) is 8.14. The van der Waals surface area contributed by atoms with Gasteiger partial charge in [0.05, 0.1) is 0 Å². The maximum atomic E-state index is 12.5. The van der Waals surface area contributed by atoms with Crippen molar-refractivity contribution in [1.29, 1.82) is 0 Å². The Morgan fingerprint density at radius 2 is 2.05 bits per heavy atom. The fourth-order valence-electron chi connectivity index (χ4n) is 3.58. The molecule has 1 aromatic carbocycles. The van der Waals surface area contributed by atoms with Crippen LogP contribution >= 0.6 is 0 Å². The van der Waals surface area contributed by atoms with E-state index < -0.39 is 0 Å². The Kier molecular flexibility index (Phi) is 4.28. The standard InChI is InChI=1S/C18H24N2O/c1-2-20(15-7-3-4-8-15)18(21)12-11-14-13-19-17-10-6-5-9-16(14)17/h5-6,9-10,13,15,19H,2-4,7-8,11-12H2,1H3. The Hall–Kier alpha value is -1.77. The summed E-state index contributed by atoms with van der Waals surface area (Å²) in [6.45, 7) is 2.94. The van der Waals surface area contributed by atoms with Gasteiger partial charge in [0.1, 0.15) is 0 Å². The fourth-order valence-corrected chi connectivity index (χ4v) is 3.58. The van der Waals surface area contributed by atoms with Gasteiger partial charge in [0.25, 0.3) is 0 Å². The predicted octanol–water partition coefficient (Wildman–Crippen LogP) is 3.89. The Balaban J connectivity index is 1.64. The number of aryl methyl sites for hydroxylation is 1. The molecule has 0 atom stereocenters. The molecule has 1 fully saturated rings. The molecule has 2 aromatic rings. The van der Waals surface area contributed by atoms with Gasteiger partial charge in [-0.2, -0.15) is 0 Å². The lowest BCUT2D eigenvalue weighted by Crippen LogP contribution is -2.38. The lowest BCUT2D eigenvalue weighted by Gasteiger charge is -2.27.